The Labute approximate surface area is 162 Å². The van der Waals surface area contributed by atoms with Gasteiger partial charge in [-0.2, -0.15) is 0 Å². The first-order valence-electron chi connectivity index (χ1n) is 7.82. The van der Waals surface area contributed by atoms with E-state index in [-0.39, 0.29) is 6.61 Å². The first kappa shape index (κ1) is 19.4. The van der Waals surface area contributed by atoms with Gasteiger partial charge in [-0.3, -0.25) is 9.08 Å². The highest BCUT2D eigenvalue weighted by molar-refractivity contribution is 9.10. The molecule has 2 heterocycles. The molecule has 10 heteroatoms. The monoisotopic (exact) mass is 448 g/mol. The van der Waals surface area contributed by atoms with E-state index >= 15 is 0 Å². The van der Waals surface area contributed by atoms with Crippen molar-refractivity contribution in [2.45, 2.75) is 36.0 Å². The molecular weight excluding hydrogens is 432 g/mol. The van der Waals surface area contributed by atoms with Crippen LogP contribution in [0, 0.1) is 0 Å². The number of alkyl halides is 1. The molecule has 1 amide bonds. The molecule has 1 aliphatic heterocycles. The number of ether oxygens (including phenoxy) is 2. The van der Waals surface area contributed by atoms with E-state index in [2.05, 4.69) is 30.5 Å². The number of fused-ring (bicyclic) bond motifs is 1. The molecule has 1 saturated heterocycles. The summed E-state index contributed by atoms with van der Waals surface area (Å²) in [7, 11) is 0. The Bertz CT molecular complexity index is 756. The van der Waals surface area contributed by atoms with Crippen LogP contribution in [0.3, 0.4) is 0 Å². The Hall–Kier alpha value is -1.36. The number of H-pyrrole nitrogens is 1. The first-order chi connectivity index (χ1) is 12.3. The molecule has 0 saturated carbocycles. The number of rotatable bonds is 5. The van der Waals surface area contributed by atoms with Crippen LogP contribution in [-0.4, -0.2) is 56.8 Å². The van der Waals surface area contributed by atoms with Crippen molar-refractivity contribution >= 4 is 44.6 Å². The van der Waals surface area contributed by atoms with Crippen molar-refractivity contribution in [3.63, 3.8) is 0 Å². The fourth-order valence-corrected chi connectivity index (χ4v) is 3.78. The number of carbonyl (C=O) groups excluding carboxylic acids is 1. The zero-order valence-electron chi connectivity index (χ0n) is 13.7. The molecule has 2 aromatic rings. The maximum Gasteiger partial charge on any atom is 0.217 e. The Kier molecular flexibility index (Phi) is 5.75. The third-order valence-corrected chi connectivity index (χ3v) is 5.11. The summed E-state index contributed by atoms with van der Waals surface area (Å²) in [6, 6.07) is 8.26. The number of aromatic amines is 1. The van der Waals surface area contributed by atoms with Gasteiger partial charge in [-0.1, -0.05) is 18.2 Å². The number of amides is 1. The topological polar surface area (TPSA) is 113 Å². The molecule has 0 unspecified atom stereocenters. The third-order valence-electron chi connectivity index (χ3n) is 4.12. The van der Waals surface area contributed by atoms with Gasteiger partial charge in [0.05, 0.1) is 11.9 Å². The van der Waals surface area contributed by atoms with Crippen LogP contribution < -0.4 is 10.1 Å². The van der Waals surface area contributed by atoms with Crippen molar-refractivity contribution in [3.05, 3.63) is 30.3 Å². The van der Waals surface area contributed by atoms with E-state index < -0.39 is 35.0 Å². The molecule has 1 aromatic carbocycles. The van der Waals surface area contributed by atoms with Crippen molar-refractivity contribution in [1.82, 2.24) is 10.3 Å². The molecule has 4 N–H and O–H groups in total. The van der Waals surface area contributed by atoms with Gasteiger partial charge in [-0.15, -0.1) is 0 Å². The molecule has 0 spiro atoms. The predicted molar refractivity (Wildman–Crippen MR) is 96.9 cm³/mol. The van der Waals surface area contributed by atoms with E-state index in [0.29, 0.717) is 5.88 Å². The summed E-state index contributed by atoms with van der Waals surface area (Å²) in [5.41, 5.74) is 0.842. The lowest BCUT2D eigenvalue weighted by molar-refractivity contribution is -0.259. The minimum absolute atomic E-state index is 0.272. The van der Waals surface area contributed by atoms with Gasteiger partial charge in [0.1, 0.15) is 18.8 Å². The van der Waals surface area contributed by atoms with Crippen LogP contribution in [0.15, 0.2) is 30.3 Å². The van der Waals surface area contributed by atoms with Gasteiger partial charge >= 0.3 is 0 Å². The molecule has 1 aliphatic rings. The fourth-order valence-electron chi connectivity index (χ4n) is 2.92. The summed E-state index contributed by atoms with van der Waals surface area (Å²) in [6.45, 7) is 1.02. The van der Waals surface area contributed by atoms with E-state index in [1.54, 1.807) is 6.07 Å². The molecule has 3 rings (SSSR count). The van der Waals surface area contributed by atoms with Gasteiger partial charge in [0.25, 0.3) is 0 Å². The summed E-state index contributed by atoms with van der Waals surface area (Å²) in [4.78, 5) is 14.6. The Morgan fingerprint density at radius 2 is 2.19 bits per heavy atom. The highest BCUT2D eigenvalue weighted by Crippen LogP contribution is 2.37. The predicted octanol–water partition coefficient (Wildman–Crippen LogP) is 1.39. The van der Waals surface area contributed by atoms with Crippen LogP contribution in [0.25, 0.3) is 10.9 Å². The number of hydrogen-bond donors (Lipinski definition) is 4. The van der Waals surface area contributed by atoms with E-state index in [4.69, 9.17) is 21.3 Å². The standard InChI is InChI=1S/C16H18BrClN2O6/c1-8(21)19-12-13(14(22)16(17,7-24-18)26-15(12)23)25-11-6-9-4-2-3-5-10(9)20-11/h2-6,12-15,20,22-23H,7H2,1H3,(H,19,21)/t12-,13-,14+,15-,16-/m1/s1. The highest BCUT2D eigenvalue weighted by atomic mass is 79.9. The summed E-state index contributed by atoms with van der Waals surface area (Å²) >= 11 is 8.50. The molecule has 0 radical (unpaired) electrons. The molecule has 5 atom stereocenters. The maximum atomic E-state index is 11.5. The number of aliphatic hydroxyl groups excluding tert-OH is 2. The third kappa shape index (κ3) is 3.83. The minimum atomic E-state index is -1.51. The second-order valence-electron chi connectivity index (χ2n) is 6.02. The molecule has 0 bridgehead atoms. The number of para-hydroxylation sites is 1. The number of halogens is 2. The van der Waals surface area contributed by atoms with Crippen LogP contribution in [-0.2, 0) is 13.8 Å². The summed E-state index contributed by atoms with van der Waals surface area (Å²) < 4.78 is 14.3. The second-order valence-corrected chi connectivity index (χ2v) is 7.58. The van der Waals surface area contributed by atoms with Crippen LogP contribution in [0.5, 0.6) is 5.88 Å². The smallest absolute Gasteiger partial charge is 0.217 e. The average molecular weight is 450 g/mol. The first-order valence-corrected chi connectivity index (χ1v) is 8.92. The molecule has 1 fully saturated rings. The number of nitrogens with one attached hydrogen (secondary N) is 2. The molecule has 26 heavy (non-hydrogen) atoms. The Morgan fingerprint density at radius 3 is 2.85 bits per heavy atom. The van der Waals surface area contributed by atoms with Gasteiger partial charge in [0.15, 0.2) is 22.8 Å². The van der Waals surface area contributed by atoms with Crippen molar-refractivity contribution in [1.29, 1.82) is 0 Å². The highest BCUT2D eigenvalue weighted by Gasteiger charge is 2.55. The second kappa shape index (κ2) is 7.71. The lowest BCUT2D eigenvalue weighted by Crippen LogP contribution is -2.69. The van der Waals surface area contributed by atoms with Gasteiger partial charge in [-0.05, 0) is 22.0 Å². The largest absolute Gasteiger partial charge is 0.470 e. The van der Waals surface area contributed by atoms with Gasteiger partial charge in [0, 0.05) is 23.9 Å². The minimum Gasteiger partial charge on any atom is -0.470 e. The molecule has 8 nitrogen and oxygen atoms in total. The lowest BCUT2D eigenvalue weighted by Gasteiger charge is -2.46. The molecule has 1 aromatic heterocycles. The quantitative estimate of drug-likeness (QED) is 0.513. The zero-order valence-corrected chi connectivity index (χ0v) is 16.0. The van der Waals surface area contributed by atoms with Gasteiger partial charge in [-0.25, -0.2) is 0 Å². The van der Waals surface area contributed by atoms with Crippen LogP contribution in [0.4, 0.5) is 0 Å². The number of benzene rings is 1. The van der Waals surface area contributed by atoms with Crippen molar-refractivity contribution in [2.75, 3.05) is 6.61 Å². The fraction of sp³-hybridized carbons (Fsp3) is 0.438. The van der Waals surface area contributed by atoms with Gasteiger partial charge < -0.3 is 30.0 Å². The van der Waals surface area contributed by atoms with E-state index in [0.717, 1.165) is 10.9 Å². The SMILES string of the molecule is CC(=O)N[C@@H]1[C@@H](Oc2cc3ccccc3[nH]2)[C@H](O)[C@@](Br)(COCl)O[C@H]1O. The van der Waals surface area contributed by atoms with Gasteiger partial charge in [0.2, 0.25) is 5.91 Å². The van der Waals surface area contributed by atoms with Crippen molar-refractivity contribution in [3.8, 4) is 5.88 Å². The Balaban J connectivity index is 1.92. The van der Waals surface area contributed by atoms with Crippen molar-refractivity contribution < 1.29 is 28.8 Å². The number of aliphatic hydroxyl groups is 2. The summed E-state index contributed by atoms with van der Waals surface area (Å²) in [5, 5.41) is 24.5. The van der Waals surface area contributed by atoms with Crippen LogP contribution in [0.1, 0.15) is 6.92 Å². The lowest BCUT2D eigenvalue weighted by atomic mass is 9.96. The van der Waals surface area contributed by atoms with E-state index in [1.165, 1.54) is 6.92 Å². The number of aromatic nitrogens is 1. The van der Waals surface area contributed by atoms with E-state index in [9.17, 15) is 15.0 Å². The van der Waals surface area contributed by atoms with Crippen molar-refractivity contribution in [2.24, 2.45) is 0 Å². The molecular formula is C16H18BrClN2O6. The maximum absolute atomic E-state index is 11.5. The molecule has 142 valence electrons. The Morgan fingerprint density at radius 1 is 1.46 bits per heavy atom. The van der Waals surface area contributed by atoms with E-state index in [1.807, 2.05) is 24.3 Å². The normalized spacial score (nSPS) is 31.7. The number of carbonyl (C=O) groups is 1. The molecule has 0 aliphatic carbocycles. The summed E-state index contributed by atoms with van der Waals surface area (Å²) in [5.74, 6) is -0.0490. The number of hydrogen-bond acceptors (Lipinski definition) is 6. The van der Waals surface area contributed by atoms with Crippen LogP contribution >= 0.6 is 27.8 Å². The zero-order chi connectivity index (χ0) is 18.9. The van der Waals surface area contributed by atoms with Crippen LogP contribution in [0.2, 0.25) is 0 Å². The average Bonchev–Trinajstić information content (AvgIpc) is 2.98. The summed E-state index contributed by atoms with van der Waals surface area (Å²) in [6.07, 6.45) is -3.85.